The van der Waals surface area contributed by atoms with E-state index in [0.717, 1.165) is 6.42 Å². The van der Waals surface area contributed by atoms with Crippen molar-refractivity contribution in [3.63, 3.8) is 0 Å². The number of rotatable bonds is 7. The Morgan fingerprint density at radius 1 is 1.00 bits per heavy atom. The van der Waals surface area contributed by atoms with Crippen LogP contribution in [0.3, 0.4) is 0 Å². The smallest absolute Gasteiger partial charge is 0.321 e. The second kappa shape index (κ2) is 8.84. The van der Waals surface area contributed by atoms with Crippen molar-refractivity contribution >= 4 is 17.5 Å². The molecular weight excluding hydrogens is 304 g/mol. The van der Waals surface area contributed by atoms with Crippen LogP contribution in [0.1, 0.15) is 29.3 Å². The predicted molar refractivity (Wildman–Crippen MR) is 94.3 cm³/mol. The highest BCUT2D eigenvalue weighted by molar-refractivity contribution is 6.09. The molecule has 0 spiro atoms. The van der Waals surface area contributed by atoms with Gasteiger partial charge in [-0.1, -0.05) is 49.4 Å². The Kier molecular flexibility index (Phi) is 6.51. The SMILES string of the molecule is CCCN(CCO)C(=O)Nc1cccc(C(=O)c2ccccc2)c1. The fourth-order valence-corrected chi connectivity index (χ4v) is 2.40. The molecule has 0 saturated carbocycles. The van der Waals surface area contributed by atoms with Crippen LogP contribution in [-0.4, -0.2) is 41.5 Å². The molecule has 0 heterocycles. The van der Waals surface area contributed by atoms with Crippen molar-refractivity contribution in [3.05, 3.63) is 65.7 Å². The lowest BCUT2D eigenvalue weighted by Gasteiger charge is -2.21. The van der Waals surface area contributed by atoms with Crippen molar-refractivity contribution in [2.24, 2.45) is 0 Å². The van der Waals surface area contributed by atoms with Crippen molar-refractivity contribution in [2.75, 3.05) is 25.0 Å². The van der Waals surface area contributed by atoms with E-state index >= 15 is 0 Å². The molecule has 0 aromatic heterocycles. The van der Waals surface area contributed by atoms with Crippen LogP contribution >= 0.6 is 0 Å². The van der Waals surface area contributed by atoms with E-state index < -0.39 is 0 Å². The van der Waals surface area contributed by atoms with Crippen LogP contribution in [0, 0.1) is 0 Å². The highest BCUT2D eigenvalue weighted by Crippen LogP contribution is 2.15. The van der Waals surface area contributed by atoms with Crippen molar-refractivity contribution in [1.29, 1.82) is 0 Å². The van der Waals surface area contributed by atoms with Crippen molar-refractivity contribution in [1.82, 2.24) is 4.90 Å². The van der Waals surface area contributed by atoms with Crippen LogP contribution in [0.5, 0.6) is 0 Å². The van der Waals surface area contributed by atoms with Gasteiger partial charge < -0.3 is 15.3 Å². The van der Waals surface area contributed by atoms with Gasteiger partial charge in [0.1, 0.15) is 0 Å². The molecule has 5 nitrogen and oxygen atoms in total. The number of aliphatic hydroxyl groups is 1. The van der Waals surface area contributed by atoms with Gasteiger partial charge in [-0.3, -0.25) is 4.79 Å². The molecule has 0 aliphatic carbocycles. The number of aliphatic hydroxyl groups excluding tert-OH is 1. The average molecular weight is 326 g/mol. The third kappa shape index (κ3) is 4.67. The van der Waals surface area contributed by atoms with Gasteiger partial charge >= 0.3 is 6.03 Å². The molecule has 126 valence electrons. The summed E-state index contributed by atoms with van der Waals surface area (Å²) in [6.07, 6.45) is 0.806. The first kappa shape index (κ1) is 17.7. The van der Waals surface area contributed by atoms with E-state index in [9.17, 15) is 9.59 Å². The molecule has 2 N–H and O–H groups in total. The standard InChI is InChI=1S/C19H22N2O3/c1-2-11-21(12-13-22)19(24)20-17-10-6-9-16(14-17)18(23)15-7-4-3-5-8-15/h3-10,14,22H,2,11-13H2,1H3,(H,20,24). The molecule has 0 unspecified atom stereocenters. The highest BCUT2D eigenvalue weighted by atomic mass is 16.3. The molecule has 0 atom stereocenters. The number of hydrogen-bond acceptors (Lipinski definition) is 3. The van der Waals surface area contributed by atoms with Gasteiger partial charge in [0.05, 0.1) is 6.61 Å². The lowest BCUT2D eigenvalue weighted by atomic mass is 10.0. The second-order valence-corrected chi connectivity index (χ2v) is 5.42. The minimum Gasteiger partial charge on any atom is -0.395 e. The number of amides is 2. The number of nitrogens with zero attached hydrogens (tertiary/aromatic N) is 1. The maximum Gasteiger partial charge on any atom is 0.321 e. The third-order valence-corrected chi connectivity index (χ3v) is 3.56. The molecule has 24 heavy (non-hydrogen) atoms. The van der Waals surface area contributed by atoms with Gasteiger partial charge in [0.2, 0.25) is 0 Å². The highest BCUT2D eigenvalue weighted by Gasteiger charge is 2.14. The van der Waals surface area contributed by atoms with Crippen LogP contribution in [0.25, 0.3) is 0 Å². The molecule has 0 bridgehead atoms. The zero-order valence-corrected chi connectivity index (χ0v) is 13.7. The summed E-state index contributed by atoms with van der Waals surface area (Å²) >= 11 is 0. The predicted octanol–water partition coefficient (Wildman–Crippen LogP) is 3.15. The van der Waals surface area contributed by atoms with E-state index in [2.05, 4.69) is 5.32 Å². The number of ketones is 1. The Labute approximate surface area is 141 Å². The number of nitrogens with one attached hydrogen (secondary N) is 1. The topological polar surface area (TPSA) is 69.6 Å². The molecule has 2 aromatic carbocycles. The number of carbonyl (C=O) groups is 2. The van der Waals surface area contributed by atoms with E-state index in [0.29, 0.717) is 23.4 Å². The Bertz CT molecular complexity index is 680. The van der Waals surface area contributed by atoms with E-state index in [-0.39, 0.29) is 25.0 Å². The molecule has 2 rings (SSSR count). The minimum absolute atomic E-state index is 0.0834. The van der Waals surface area contributed by atoms with Crippen LogP contribution in [0.4, 0.5) is 10.5 Å². The lowest BCUT2D eigenvalue weighted by Crippen LogP contribution is -2.37. The second-order valence-electron chi connectivity index (χ2n) is 5.42. The summed E-state index contributed by atoms with van der Waals surface area (Å²) in [5.74, 6) is -0.0903. The lowest BCUT2D eigenvalue weighted by molar-refractivity contribution is 0.103. The minimum atomic E-state index is -0.282. The summed E-state index contributed by atoms with van der Waals surface area (Å²) < 4.78 is 0. The van der Waals surface area contributed by atoms with Gasteiger partial charge in [0.25, 0.3) is 0 Å². The van der Waals surface area contributed by atoms with Gasteiger partial charge in [0, 0.05) is 29.9 Å². The Morgan fingerprint density at radius 2 is 1.71 bits per heavy atom. The van der Waals surface area contributed by atoms with Gasteiger partial charge in [-0.15, -0.1) is 0 Å². The summed E-state index contributed by atoms with van der Waals surface area (Å²) in [6.45, 7) is 2.73. The normalized spacial score (nSPS) is 10.2. The first-order valence-corrected chi connectivity index (χ1v) is 8.02. The summed E-state index contributed by atoms with van der Waals surface area (Å²) in [5, 5.41) is 11.8. The zero-order chi connectivity index (χ0) is 17.4. The molecule has 0 radical (unpaired) electrons. The molecule has 0 fully saturated rings. The van der Waals surface area contributed by atoms with E-state index in [1.54, 1.807) is 41.3 Å². The van der Waals surface area contributed by atoms with Crippen molar-refractivity contribution in [3.8, 4) is 0 Å². The molecule has 0 saturated heterocycles. The van der Waals surface area contributed by atoms with Crippen molar-refractivity contribution in [2.45, 2.75) is 13.3 Å². The van der Waals surface area contributed by atoms with Crippen LogP contribution in [0.15, 0.2) is 54.6 Å². The number of anilines is 1. The van der Waals surface area contributed by atoms with Crippen LogP contribution in [-0.2, 0) is 0 Å². The number of hydrogen-bond donors (Lipinski definition) is 2. The molecule has 2 amide bonds. The van der Waals surface area contributed by atoms with E-state index in [4.69, 9.17) is 5.11 Å². The largest absolute Gasteiger partial charge is 0.395 e. The van der Waals surface area contributed by atoms with Gasteiger partial charge in [-0.2, -0.15) is 0 Å². The van der Waals surface area contributed by atoms with Gasteiger partial charge in [-0.05, 0) is 18.6 Å². The van der Waals surface area contributed by atoms with E-state index in [1.165, 1.54) is 0 Å². The summed E-state index contributed by atoms with van der Waals surface area (Å²) in [4.78, 5) is 26.3. The fraction of sp³-hybridized carbons (Fsp3) is 0.263. The third-order valence-electron chi connectivity index (χ3n) is 3.56. The van der Waals surface area contributed by atoms with Crippen molar-refractivity contribution < 1.29 is 14.7 Å². The Hall–Kier alpha value is -2.66. The molecular formula is C19H22N2O3. The average Bonchev–Trinajstić information content (AvgIpc) is 2.62. The first-order valence-electron chi connectivity index (χ1n) is 8.02. The van der Waals surface area contributed by atoms with E-state index in [1.807, 2.05) is 25.1 Å². The maximum atomic E-state index is 12.5. The Balaban J connectivity index is 2.12. The quantitative estimate of drug-likeness (QED) is 0.768. The van der Waals surface area contributed by atoms with Crippen LogP contribution < -0.4 is 5.32 Å². The Morgan fingerprint density at radius 3 is 2.38 bits per heavy atom. The molecule has 2 aromatic rings. The number of carbonyl (C=O) groups excluding carboxylic acids is 2. The molecule has 0 aliphatic heterocycles. The number of urea groups is 1. The number of benzene rings is 2. The fourth-order valence-electron chi connectivity index (χ4n) is 2.40. The van der Waals surface area contributed by atoms with Gasteiger partial charge in [-0.25, -0.2) is 4.79 Å². The maximum absolute atomic E-state index is 12.5. The summed E-state index contributed by atoms with van der Waals surface area (Å²) in [5.41, 5.74) is 1.68. The molecule has 5 heteroatoms. The van der Waals surface area contributed by atoms with Crippen LogP contribution in [0.2, 0.25) is 0 Å². The zero-order valence-electron chi connectivity index (χ0n) is 13.7. The summed E-state index contributed by atoms with van der Waals surface area (Å²) in [6, 6.07) is 15.6. The summed E-state index contributed by atoms with van der Waals surface area (Å²) in [7, 11) is 0. The monoisotopic (exact) mass is 326 g/mol. The first-order chi connectivity index (χ1) is 11.7. The molecule has 0 aliphatic rings. The van der Waals surface area contributed by atoms with Gasteiger partial charge in [0.15, 0.2) is 5.78 Å².